The fourth-order valence-corrected chi connectivity index (χ4v) is 1.50. The molecule has 0 rings (SSSR count). The number of hydrogen-bond acceptors (Lipinski definition) is 3. The van der Waals surface area contributed by atoms with E-state index in [0.29, 0.717) is 6.04 Å². The van der Waals surface area contributed by atoms with E-state index < -0.39 is 0 Å². The average molecular weight is 204 g/mol. The Kier molecular flexibility index (Phi) is 10.6. The van der Waals surface area contributed by atoms with Gasteiger partial charge >= 0.3 is 0 Å². The summed E-state index contributed by atoms with van der Waals surface area (Å²) in [5.74, 6) is 1.28. The van der Waals surface area contributed by atoms with Crippen molar-refractivity contribution in [2.75, 3.05) is 31.6 Å². The molecule has 0 atom stereocenters. The van der Waals surface area contributed by atoms with Gasteiger partial charge in [-0.15, -0.1) is 0 Å². The Morgan fingerprint density at radius 3 is 2.38 bits per heavy atom. The monoisotopic (exact) mass is 204 g/mol. The summed E-state index contributed by atoms with van der Waals surface area (Å²) in [5.41, 5.74) is 0. The highest BCUT2D eigenvalue weighted by molar-refractivity contribution is 7.98. The largest absolute Gasteiger partial charge is 0.317 e. The molecule has 0 radical (unpaired) electrons. The quantitative estimate of drug-likeness (QED) is 0.559. The Hall–Kier alpha value is 0.270. The fourth-order valence-electron chi connectivity index (χ4n) is 1.07. The van der Waals surface area contributed by atoms with Crippen LogP contribution in [0.25, 0.3) is 0 Å². The molecule has 0 bridgehead atoms. The molecular weight excluding hydrogens is 180 g/mol. The maximum Gasteiger partial charge on any atom is 0.00103 e. The van der Waals surface area contributed by atoms with Crippen LogP contribution >= 0.6 is 11.8 Å². The second-order valence-corrected chi connectivity index (χ2v) is 4.54. The highest BCUT2D eigenvalue weighted by atomic mass is 32.2. The van der Waals surface area contributed by atoms with Gasteiger partial charge in [0.2, 0.25) is 0 Å². The molecule has 0 aliphatic rings. The Morgan fingerprint density at radius 1 is 1.08 bits per heavy atom. The predicted molar refractivity (Wildman–Crippen MR) is 63.6 cm³/mol. The van der Waals surface area contributed by atoms with E-state index in [1.54, 1.807) is 0 Å². The second-order valence-electron chi connectivity index (χ2n) is 3.56. The fraction of sp³-hybridized carbons (Fsp3) is 1.00. The van der Waals surface area contributed by atoms with Gasteiger partial charge in [-0.3, -0.25) is 0 Å². The molecule has 0 aliphatic heterocycles. The molecule has 0 aliphatic carbocycles. The minimum absolute atomic E-state index is 0.622. The molecule has 2 nitrogen and oxygen atoms in total. The van der Waals surface area contributed by atoms with Gasteiger partial charge < -0.3 is 10.6 Å². The molecule has 0 saturated heterocycles. The Balaban J connectivity index is 2.84. The molecule has 0 amide bonds. The molecule has 0 saturated carbocycles. The average Bonchev–Trinajstić information content (AvgIpc) is 2.09. The molecule has 0 spiro atoms. The summed E-state index contributed by atoms with van der Waals surface area (Å²) in [6.45, 7) is 7.82. The Morgan fingerprint density at radius 2 is 1.77 bits per heavy atom. The minimum atomic E-state index is 0.622. The molecule has 80 valence electrons. The summed E-state index contributed by atoms with van der Waals surface area (Å²) in [6.07, 6.45) is 4.68. The van der Waals surface area contributed by atoms with Crippen molar-refractivity contribution >= 4 is 11.8 Å². The summed E-state index contributed by atoms with van der Waals surface area (Å²) < 4.78 is 0. The number of nitrogens with one attached hydrogen (secondary N) is 2. The topological polar surface area (TPSA) is 24.1 Å². The van der Waals surface area contributed by atoms with Gasteiger partial charge in [-0.1, -0.05) is 13.8 Å². The van der Waals surface area contributed by atoms with Crippen molar-refractivity contribution in [2.45, 2.75) is 32.7 Å². The summed E-state index contributed by atoms with van der Waals surface area (Å²) in [6, 6.07) is 0.622. The first kappa shape index (κ1) is 13.3. The van der Waals surface area contributed by atoms with Crippen molar-refractivity contribution < 1.29 is 0 Å². The van der Waals surface area contributed by atoms with Crippen LogP contribution in [-0.2, 0) is 0 Å². The molecule has 3 heteroatoms. The molecule has 0 heterocycles. The summed E-state index contributed by atoms with van der Waals surface area (Å²) in [7, 11) is 0. The summed E-state index contributed by atoms with van der Waals surface area (Å²) >= 11 is 1.92. The highest BCUT2D eigenvalue weighted by Crippen LogP contribution is 1.93. The van der Waals surface area contributed by atoms with E-state index in [4.69, 9.17) is 0 Å². The minimum Gasteiger partial charge on any atom is -0.317 e. The van der Waals surface area contributed by atoms with E-state index in [9.17, 15) is 0 Å². The van der Waals surface area contributed by atoms with E-state index in [1.807, 2.05) is 11.8 Å². The molecule has 0 aromatic rings. The summed E-state index contributed by atoms with van der Waals surface area (Å²) in [5, 5.41) is 6.84. The van der Waals surface area contributed by atoms with Crippen molar-refractivity contribution in [2.24, 2.45) is 0 Å². The normalized spacial score (nSPS) is 11.1. The molecule has 0 aromatic carbocycles. The van der Waals surface area contributed by atoms with Crippen molar-refractivity contribution in [3.63, 3.8) is 0 Å². The third-order valence-electron chi connectivity index (χ3n) is 1.78. The van der Waals surface area contributed by atoms with Crippen LogP contribution in [-0.4, -0.2) is 37.7 Å². The standard InChI is InChI=1S/C10H24N2S/c1-10(2)12-8-4-6-11-7-5-9-13-3/h10-12H,4-9H2,1-3H3. The van der Waals surface area contributed by atoms with Gasteiger partial charge in [-0.05, 0) is 44.5 Å². The molecule has 0 aromatic heterocycles. The Bertz CT molecular complexity index is 96.9. The van der Waals surface area contributed by atoms with Crippen LogP contribution in [0.5, 0.6) is 0 Å². The molecule has 0 unspecified atom stereocenters. The van der Waals surface area contributed by atoms with Gasteiger partial charge in [0.05, 0.1) is 0 Å². The van der Waals surface area contributed by atoms with Crippen molar-refractivity contribution in [3.05, 3.63) is 0 Å². The smallest absolute Gasteiger partial charge is 0.00103 e. The third kappa shape index (κ3) is 12.3. The number of thioether (sulfide) groups is 1. The third-order valence-corrected chi connectivity index (χ3v) is 2.48. The maximum atomic E-state index is 3.44. The molecule has 13 heavy (non-hydrogen) atoms. The van der Waals surface area contributed by atoms with Crippen LogP contribution in [0.1, 0.15) is 26.7 Å². The first-order chi connectivity index (χ1) is 6.27. The first-order valence-electron chi connectivity index (χ1n) is 5.20. The van der Waals surface area contributed by atoms with Gasteiger partial charge in [0, 0.05) is 6.04 Å². The predicted octanol–water partition coefficient (Wildman–Crippen LogP) is 1.72. The SMILES string of the molecule is CSCCCNCCCNC(C)C. The maximum absolute atomic E-state index is 3.44. The zero-order valence-corrected chi connectivity index (χ0v) is 10.0. The Labute approximate surface area is 87.2 Å². The molecular formula is C10H24N2S. The van der Waals surface area contributed by atoms with Crippen molar-refractivity contribution in [1.29, 1.82) is 0 Å². The molecule has 0 fully saturated rings. The van der Waals surface area contributed by atoms with E-state index in [1.165, 1.54) is 25.1 Å². The van der Waals surface area contributed by atoms with Crippen molar-refractivity contribution in [3.8, 4) is 0 Å². The zero-order valence-electron chi connectivity index (χ0n) is 9.23. The lowest BCUT2D eigenvalue weighted by atomic mass is 10.3. The van der Waals surface area contributed by atoms with Gasteiger partial charge in [0.15, 0.2) is 0 Å². The molecule has 2 N–H and O–H groups in total. The van der Waals surface area contributed by atoms with Gasteiger partial charge in [0.25, 0.3) is 0 Å². The van der Waals surface area contributed by atoms with Crippen LogP contribution in [0.2, 0.25) is 0 Å². The second kappa shape index (κ2) is 10.4. The lowest BCUT2D eigenvalue weighted by molar-refractivity contribution is 0.547. The van der Waals surface area contributed by atoms with Crippen LogP contribution in [0.3, 0.4) is 0 Å². The van der Waals surface area contributed by atoms with Crippen LogP contribution < -0.4 is 10.6 Å². The number of hydrogen-bond donors (Lipinski definition) is 2. The number of rotatable bonds is 9. The lowest BCUT2D eigenvalue weighted by Crippen LogP contribution is -2.27. The van der Waals surface area contributed by atoms with Gasteiger partial charge in [0.1, 0.15) is 0 Å². The van der Waals surface area contributed by atoms with Gasteiger partial charge in [-0.2, -0.15) is 11.8 Å². The van der Waals surface area contributed by atoms with E-state index in [0.717, 1.165) is 13.1 Å². The van der Waals surface area contributed by atoms with Crippen LogP contribution in [0.4, 0.5) is 0 Å². The zero-order chi connectivity index (χ0) is 9.94. The van der Waals surface area contributed by atoms with Crippen molar-refractivity contribution in [1.82, 2.24) is 10.6 Å². The van der Waals surface area contributed by atoms with E-state index in [-0.39, 0.29) is 0 Å². The van der Waals surface area contributed by atoms with Crippen LogP contribution in [0.15, 0.2) is 0 Å². The van der Waals surface area contributed by atoms with E-state index in [2.05, 4.69) is 30.7 Å². The van der Waals surface area contributed by atoms with E-state index >= 15 is 0 Å². The lowest BCUT2D eigenvalue weighted by Gasteiger charge is -2.08. The first-order valence-corrected chi connectivity index (χ1v) is 6.59. The van der Waals surface area contributed by atoms with Crippen LogP contribution in [0, 0.1) is 0 Å². The highest BCUT2D eigenvalue weighted by Gasteiger charge is 1.91. The van der Waals surface area contributed by atoms with Gasteiger partial charge in [-0.25, -0.2) is 0 Å². The summed E-state index contributed by atoms with van der Waals surface area (Å²) in [4.78, 5) is 0.